The Balaban J connectivity index is 1.92. The summed E-state index contributed by atoms with van der Waals surface area (Å²) in [6.07, 6.45) is 0. The van der Waals surface area contributed by atoms with Gasteiger partial charge in [-0.25, -0.2) is 0 Å². The third-order valence-electron chi connectivity index (χ3n) is 4.08. The molecule has 5 heteroatoms. The molecule has 0 radical (unpaired) electrons. The highest BCUT2D eigenvalue weighted by atomic mass is 32.2. The molecule has 2 nitrogen and oxygen atoms in total. The van der Waals surface area contributed by atoms with E-state index >= 15 is 0 Å². The lowest BCUT2D eigenvalue weighted by Crippen LogP contribution is -2.45. The largest absolute Gasteiger partial charge is 0.291 e. The average molecular weight is 403 g/mol. The highest BCUT2D eigenvalue weighted by Crippen LogP contribution is 2.49. The van der Waals surface area contributed by atoms with Gasteiger partial charge in [-0.05, 0) is 5.25 Å². The van der Waals surface area contributed by atoms with Crippen LogP contribution < -0.4 is 0 Å². The maximum Gasteiger partial charge on any atom is 0.196 e. The number of Topliss-reactive ketones (excluding diaryl/α,β-unsaturated/α-hetero) is 2. The molecule has 1 heterocycles. The molecule has 0 N–H and O–H groups in total. The van der Waals surface area contributed by atoms with Crippen molar-refractivity contribution in [2.45, 2.75) is 28.4 Å². The predicted molar refractivity (Wildman–Crippen MR) is 116 cm³/mol. The van der Waals surface area contributed by atoms with Gasteiger partial charge in [0, 0.05) is 27.9 Å². The highest BCUT2D eigenvalue weighted by molar-refractivity contribution is 8.22. The smallest absolute Gasteiger partial charge is 0.196 e. The van der Waals surface area contributed by atoms with Gasteiger partial charge in [0.25, 0.3) is 0 Å². The van der Waals surface area contributed by atoms with Crippen LogP contribution in [0.5, 0.6) is 0 Å². The van der Waals surface area contributed by atoms with Crippen molar-refractivity contribution < 1.29 is 9.59 Å². The van der Waals surface area contributed by atoms with Crippen molar-refractivity contribution in [3.63, 3.8) is 0 Å². The van der Waals surface area contributed by atoms with Gasteiger partial charge in [-0.3, -0.25) is 9.59 Å². The lowest BCUT2D eigenvalue weighted by molar-refractivity contribution is 0.0887. The van der Waals surface area contributed by atoms with Crippen molar-refractivity contribution in [2.24, 2.45) is 0 Å². The summed E-state index contributed by atoms with van der Waals surface area (Å²) < 4.78 is -1.09. The number of hydrogen-bond acceptors (Lipinski definition) is 5. The number of rotatable bonds is 6. The lowest BCUT2D eigenvalue weighted by atomic mass is 10.0. The molecule has 0 saturated carbocycles. The monoisotopic (exact) mass is 402 g/mol. The first-order valence-corrected chi connectivity index (χ1v) is 11.6. The molecule has 136 valence electrons. The molecule has 26 heavy (non-hydrogen) atoms. The molecule has 0 unspecified atom stereocenters. The van der Waals surface area contributed by atoms with Crippen LogP contribution >= 0.6 is 35.3 Å². The van der Waals surface area contributed by atoms with Crippen LogP contribution in [0.2, 0.25) is 0 Å². The van der Waals surface area contributed by atoms with Crippen LogP contribution in [0.4, 0.5) is 0 Å². The molecular formula is C21H22O2S3. The summed E-state index contributed by atoms with van der Waals surface area (Å²) in [4.78, 5) is 26.8. The quantitative estimate of drug-likeness (QED) is 0.475. The number of thioether (sulfide) groups is 3. The molecule has 3 rings (SSSR count). The van der Waals surface area contributed by atoms with E-state index in [0.717, 1.165) is 11.5 Å². The van der Waals surface area contributed by atoms with E-state index in [0.29, 0.717) is 21.6 Å². The number of carbonyl (C=O) groups excluding carboxylic acids is 2. The van der Waals surface area contributed by atoms with Gasteiger partial charge in [-0.1, -0.05) is 74.5 Å². The third kappa shape index (κ3) is 4.21. The van der Waals surface area contributed by atoms with Crippen LogP contribution in [-0.4, -0.2) is 37.7 Å². The molecule has 0 amide bonds. The van der Waals surface area contributed by atoms with Gasteiger partial charge in [0.15, 0.2) is 15.6 Å². The minimum atomic E-state index is -1.09. The molecule has 0 atom stereocenters. The Bertz CT molecular complexity index is 698. The summed E-state index contributed by atoms with van der Waals surface area (Å²) in [5.41, 5.74) is 1.21. The number of carbonyl (C=O) groups is 2. The number of ketones is 2. The Kier molecular flexibility index (Phi) is 6.54. The fourth-order valence-corrected chi connectivity index (χ4v) is 7.67. The van der Waals surface area contributed by atoms with Crippen LogP contribution in [0, 0.1) is 0 Å². The zero-order chi connectivity index (χ0) is 18.6. The van der Waals surface area contributed by atoms with Gasteiger partial charge in [0.1, 0.15) is 0 Å². The zero-order valence-electron chi connectivity index (χ0n) is 14.9. The van der Waals surface area contributed by atoms with Gasteiger partial charge in [0.2, 0.25) is 0 Å². The van der Waals surface area contributed by atoms with E-state index in [1.54, 1.807) is 24.3 Å². The maximum atomic E-state index is 13.4. The van der Waals surface area contributed by atoms with Crippen molar-refractivity contribution >= 4 is 46.9 Å². The van der Waals surface area contributed by atoms with Gasteiger partial charge in [0.05, 0.1) is 0 Å². The fraction of sp³-hybridized carbons (Fsp3) is 0.333. The summed E-state index contributed by atoms with van der Waals surface area (Å²) in [6, 6.07) is 18.4. The molecule has 2 aromatic rings. The zero-order valence-corrected chi connectivity index (χ0v) is 17.3. The van der Waals surface area contributed by atoms with Crippen LogP contribution in [0.15, 0.2) is 60.7 Å². The van der Waals surface area contributed by atoms with Crippen LogP contribution in [0.25, 0.3) is 0 Å². The molecule has 2 aromatic carbocycles. The van der Waals surface area contributed by atoms with E-state index in [1.165, 1.54) is 23.5 Å². The number of hydrogen-bond donors (Lipinski definition) is 0. The molecule has 0 spiro atoms. The van der Waals surface area contributed by atoms with E-state index < -0.39 is 4.08 Å². The van der Waals surface area contributed by atoms with Gasteiger partial charge < -0.3 is 0 Å². The van der Waals surface area contributed by atoms with Crippen LogP contribution in [0.1, 0.15) is 34.6 Å². The molecule has 0 bridgehead atoms. The molecule has 1 aliphatic rings. The second kappa shape index (κ2) is 8.68. The second-order valence-electron chi connectivity index (χ2n) is 6.44. The lowest BCUT2D eigenvalue weighted by Gasteiger charge is -2.37. The van der Waals surface area contributed by atoms with E-state index in [9.17, 15) is 9.59 Å². The van der Waals surface area contributed by atoms with E-state index in [2.05, 4.69) is 13.8 Å². The summed E-state index contributed by atoms with van der Waals surface area (Å²) in [6.45, 7) is 4.37. The van der Waals surface area contributed by atoms with Gasteiger partial charge in [-0.15, -0.1) is 23.5 Å². The Morgan fingerprint density at radius 3 is 1.69 bits per heavy atom. The molecule has 0 aromatic heterocycles. The summed E-state index contributed by atoms with van der Waals surface area (Å²) in [5.74, 6) is 1.45. The SMILES string of the molecule is CC(C)SC1CSC(C(=O)c2ccccc2)(C(=O)c2ccccc2)SC1. The topological polar surface area (TPSA) is 34.1 Å². The number of benzene rings is 2. The van der Waals surface area contributed by atoms with Crippen molar-refractivity contribution in [2.75, 3.05) is 11.5 Å². The van der Waals surface area contributed by atoms with Gasteiger partial charge in [-0.2, -0.15) is 11.8 Å². The summed E-state index contributed by atoms with van der Waals surface area (Å²) in [7, 11) is 0. The van der Waals surface area contributed by atoms with Crippen LogP contribution in [-0.2, 0) is 0 Å². The molecule has 1 aliphatic heterocycles. The first kappa shape index (κ1) is 19.6. The Morgan fingerprint density at radius 1 is 0.885 bits per heavy atom. The predicted octanol–water partition coefficient (Wildman–Crippen LogP) is 5.44. The fourth-order valence-electron chi connectivity index (χ4n) is 2.90. The summed E-state index contributed by atoms with van der Waals surface area (Å²) in [5, 5.41) is 1.01. The first-order valence-electron chi connectivity index (χ1n) is 8.66. The van der Waals surface area contributed by atoms with Crippen molar-refractivity contribution in [1.82, 2.24) is 0 Å². The van der Waals surface area contributed by atoms with Crippen molar-refractivity contribution in [3.8, 4) is 0 Å². The minimum absolute atomic E-state index is 0.0880. The molecule has 0 aliphatic carbocycles. The second-order valence-corrected chi connectivity index (χ2v) is 11.0. The van der Waals surface area contributed by atoms with Gasteiger partial charge >= 0.3 is 0 Å². The van der Waals surface area contributed by atoms with Crippen molar-refractivity contribution in [1.29, 1.82) is 0 Å². The highest BCUT2D eigenvalue weighted by Gasteiger charge is 2.50. The van der Waals surface area contributed by atoms with Crippen LogP contribution in [0.3, 0.4) is 0 Å². The third-order valence-corrected chi connectivity index (χ3v) is 9.16. The average Bonchev–Trinajstić information content (AvgIpc) is 2.68. The normalized spacial score (nSPS) is 17.2. The first-order chi connectivity index (χ1) is 12.5. The maximum absolute atomic E-state index is 13.4. The van der Waals surface area contributed by atoms with E-state index in [4.69, 9.17) is 0 Å². The molecular weight excluding hydrogens is 380 g/mol. The minimum Gasteiger partial charge on any atom is -0.291 e. The molecule has 1 fully saturated rings. The Morgan fingerprint density at radius 2 is 1.31 bits per heavy atom. The standard InChI is InChI=1S/C21H22O2S3/c1-15(2)26-18-13-24-21(25-14-18,19(22)16-9-5-3-6-10-16)20(23)17-11-7-4-8-12-17/h3-12,15,18H,13-14H2,1-2H3. The Labute approximate surface area is 167 Å². The summed E-state index contributed by atoms with van der Waals surface area (Å²) >= 11 is 4.95. The van der Waals surface area contributed by atoms with E-state index in [-0.39, 0.29) is 11.6 Å². The van der Waals surface area contributed by atoms with E-state index in [1.807, 2.05) is 48.2 Å². The molecule has 1 saturated heterocycles. The van der Waals surface area contributed by atoms with Crippen molar-refractivity contribution in [3.05, 3.63) is 71.8 Å². The Hall–Kier alpha value is -1.17.